The molecule has 0 aromatic rings. The zero-order valence-corrected chi connectivity index (χ0v) is 10.4. The second-order valence-corrected chi connectivity index (χ2v) is 4.96. The smallest absolute Gasteiger partial charge is 0.332 e. The van der Waals surface area contributed by atoms with E-state index in [4.69, 9.17) is 9.84 Å². The molecule has 3 atom stereocenters. The minimum absolute atomic E-state index is 0.0109. The van der Waals surface area contributed by atoms with Crippen molar-refractivity contribution in [2.75, 3.05) is 13.1 Å². The fourth-order valence-electron chi connectivity index (χ4n) is 2.49. The highest BCUT2D eigenvalue weighted by molar-refractivity contribution is 5.76. The number of carboxylic acids is 1. The summed E-state index contributed by atoms with van der Waals surface area (Å²) >= 11 is 0. The van der Waals surface area contributed by atoms with Crippen molar-refractivity contribution in [3.63, 3.8) is 0 Å². The summed E-state index contributed by atoms with van der Waals surface area (Å²) in [6, 6.07) is 0.293. The number of rotatable bonds is 5. The molecule has 6 heteroatoms. The summed E-state index contributed by atoms with van der Waals surface area (Å²) in [6.07, 6.45) is 3.03. The molecule has 2 saturated heterocycles. The molecule has 2 aliphatic heterocycles. The molecule has 0 saturated carbocycles. The first-order valence-electron chi connectivity index (χ1n) is 6.53. The highest BCUT2D eigenvalue weighted by Crippen LogP contribution is 2.19. The van der Waals surface area contributed by atoms with Crippen molar-refractivity contribution >= 4 is 11.9 Å². The van der Waals surface area contributed by atoms with Crippen LogP contribution in [-0.2, 0) is 14.3 Å². The molecule has 2 heterocycles. The van der Waals surface area contributed by atoms with Gasteiger partial charge < -0.3 is 20.5 Å². The molecule has 0 aromatic carbocycles. The Hall–Kier alpha value is -1.14. The lowest BCUT2D eigenvalue weighted by atomic mass is 10.1. The molecular weight excluding hydrogens is 236 g/mol. The van der Waals surface area contributed by atoms with Crippen molar-refractivity contribution in [1.82, 2.24) is 10.6 Å². The number of nitrogens with one attached hydrogen (secondary N) is 2. The van der Waals surface area contributed by atoms with E-state index in [1.165, 1.54) is 0 Å². The van der Waals surface area contributed by atoms with E-state index < -0.39 is 12.1 Å². The van der Waals surface area contributed by atoms with E-state index in [0.29, 0.717) is 31.8 Å². The van der Waals surface area contributed by atoms with Crippen LogP contribution in [-0.4, -0.2) is 48.3 Å². The summed E-state index contributed by atoms with van der Waals surface area (Å²) in [6.45, 7) is 1.40. The molecule has 0 radical (unpaired) electrons. The fourth-order valence-corrected chi connectivity index (χ4v) is 2.49. The van der Waals surface area contributed by atoms with Crippen LogP contribution in [0, 0.1) is 0 Å². The third kappa shape index (κ3) is 3.68. The van der Waals surface area contributed by atoms with Crippen LogP contribution in [0.5, 0.6) is 0 Å². The Morgan fingerprint density at radius 3 is 2.78 bits per heavy atom. The first kappa shape index (κ1) is 13.3. The molecule has 18 heavy (non-hydrogen) atoms. The van der Waals surface area contributed by atoms with Gasteiger partial charge in [-0.1, -0.05) is 0 Å². The molecule has 0 aliphatic carbocycles. The second kappa shape index (κ2) is 6.15. The Kier molecular flexibility index (Phi) is 4.54. The lowest BCUT2D eigenvalue weighted by molar-refractivity contribution is -0.149. The summed E-state index contributed by atoms with van der Waals surface area (Å²) in [5.74, 6) is -0.907. The molecule has 3 N–H and O–H groups in total. The van der Waals surface area contributed by atoms with Crippen LogP contribution in [0.1, 0.15) is 32.1 Å². The maximum atomic E-state index is 11.6. The SMILES string of the molecule is O=C(CC1CCCN1)NCC1CCC(C(=O)O)O1. The Balaban J connectivity index is 1.62. The van der Waals surface area contributed by atoms with Gasteiger partial charge in [-0.15, -0.1) is 0 Å². The van der Waals surface area contributed by atoms with Crippen LogP contribution in [0.3, 0.4) is 0 Å². The number of carbonyl (C=O) groups excluding carboxylic acids is 1. The standard InChI is InChI=1S/C12H20N2O4/c15-11(6-8-2-1-5-13-8)14-7-9-3-4-10(18-9)12(16)17/h8-10,13H,1-7H2,(H,14,15)(H,16,17). The first-order valence-corrected chi connectivity index (χ1v) is 6.53. The van der Waals surface area contributed by atoms with Crippen LogP contribution < -0.4 is 10.6 Å². The molecule has 2 rings (SSSR count). The molecule has 1 amide bonds. The topological polar surface area (TPSA) is 87.7 Å². The van der Waals surface area contributed by atoms with Gasteiger partial charge in [0.2, 0.25) is 5.91 Å². The van der Waals surface area contributed by atoms with Crippen molar-refractivity contribution in [2.45, 2.75) is 50.4 Å². The number of hydrogen-bond donors (Lipinski definition) is 3. The summed E-state index contributed by atoms with van der Waals surface area (Å²) in [7, 11) is 0. The molecule has 0 bridgehead atoms. The van der Waals surface area contributed by atoms with E-state index in [1.54, 1.807) is 0 Å². The van der Waals surface area contributed by atoms with E-state index in [9.17, 15) is 9.59 Å². The third-order valence-electron chi connectivity index (χ3n) is 3.50. The Bertz CT molecular complexity index is 315. The Labute approximate surface area is 106 Å². The first-order chi connectivity index (χ1) is 8.65. The number of ether oxygens (including phenoxy) is 1. The van der Waals surface area contributed by atoms with Crippen molar-refractivity contribution in [1.29, 1.82) is 0 Å². The number of amides is 1. The van der Waals surface area contributed by atoms with Crippen LogP contribution in [0.2, 0.25) is 0 Å². The molecular formula is C12H20N2O4. The largest absolute Gasteiger partial charge is 0.479 e. The minimum Gasteiger partial charge on any atom is -0.479 e. The van der Waals surface area contributed by atoms with Crippen LogP contribution in [0.4, 0.5) is 0 Å². The average Bonchev–Trinajstić information content (AvgIpc) is 2.96. The average molecular weight is 256 g/mol. The van der Waals surface area contributed by atoms with E-state index in [-0.39, 0.29) is 12.0 Å². The number of hydrogen-bond acceptors (Lipinski definition) is 4. The minimum atomic E-state index is -0.918. The normalized spacial score (nSPS) is 31.4. The van der Waals surface area contributed by atoms with Gasteiger partial charge in [-0.05, 0) is 32.2 Å². The van der Waals surface area contributed by atoms with Crippen molar-refractivity contribution in [3.05, 3.63) is 0 Å². The van der Waals surface area contributed by atoms with Crippen molar-refractivity contribution < 1.29 is 19.4 Å². The Morgan fingerprint density at radius 2 is 2.17 bits per heavy atom. The predicted molar refractivity (Wildman–Crippen MR) is 64.2 cm³/mol. The van der Waals surface area contributed by atoms with E-state index in [2.05, 4.69) is 10.6 Å². The molecule has 2 aliphatic rings. The quantitative estimate of drug-likeness (QED) is 0.638. The van der Waals surface area contributed by atoms with Crippen LogP contribution in [0.25, 0.3) is 0 Å². The van der Waals surface area contributed by atoms with Gasteiger partial charge >= 0.3 is 5.97 Å². The molecule has 102 valence electrons. The van der Waals surface area contributed by atoms with Gasteiger partial charge in [0.25, 0.3) is 0 Å². The number of carbonyl (C=O) groups is 2. The van der Waals surface area contributed by atoms with Crippen molar-refractivity contribution in [2.24, 2.45) is 0 Å². The number of aliphatic carboxylic acids is 1. The lowest BCUT2D eigenvalue weighted by Crippen LogP contribution is -2.36. The maximum Gasteiger partial charge on any atom is 0.332 e. The monoisotopic (exact) mass is 256 g/mol. The second-order valence-electron chi connectivity index (χ2n) is 4.96. The molecule has 3 unspecified atom stereocenters. The van der Waals surface area contributed by atoms with Crippen molar-refractivity contribution in [3.8, 4) is 0 Å². The highest BCUT2D eigenvalue weighted by atomic mass is 16.5. The van der Waals surface area contributed by atoms with Gasteiger partial charge in [0.1, 0.15) is 0 Å². The molecule has 2 fully saturated rings. The van der Waals surface area contributed by atoms with Gasteiger partial charge in [-0.2, -0.15) is 0 Å². The fraction of sp³-hybridized carbons (Fsp3) is 0.833. The van der Waals surface area contributed by atoms with Gasteiger partial charge in [0.05, 0.1) is 6.10 Å². The summed E-state index contributed by atoms with van der Waals surface area (Å²) in [5.41, 5.74) is 0. The molecule has 0 aromatic heterocycles. The predicted octanol–water partition coefficient (Wildman–Crippen LogP) is -0.123. The van der Waals surface area contributed by atoms with Gasteiger partial charge in [-0.3, -0.25) is 4.79 Å². The lowest BCUT2D eigenvalue weighted by Gasteiger charge is -2.14. The van der Waals surface area contributed by atoms with Gasteiger partial charge in [-0.25, -0.2) is 4.79 Å². The highest BCUT2D eigenvalue weighted by Gasteiger charge is 2.30. The zero-order valence-electron chi connectivity index (χ0n) is 10.4. The molecule has 0 spiro atoms. The van der Waals surface area contributed by atoms with E-state index >= 15 is 0 Å². The van der Waals surface area contributed by atoms with E-state index in [0.717, 1.165) is 19.4 Å². The maximum absolute atomic E-state index is 11.6. The summed E-state index contributed by atoms with van der Waals surface area (Å²) < 4.78 is 5.31. The Morgan fingerprint density at radius 1 is 1.33 bits per heavy atom. The van der Waals surface area contributed by atoms with Gasteiger partial charge in [0, 0.05) is 19.0 Å². The summed E-state index contributed by atoms with van der Waals surface area (Å²) in [5, 5.41) is 14.9. The van der Waals surface area contributed by atoms with Gasteiger partial charge in [0.15, 0.2) is 6.10 Å². The van der Waals surface area contributed by atoms with Crippen LogP contribution in [0.15, 0.2) is 0 Å². The summed E-state index contributed by atoms with van der Waals surface area (Å²) in [4.78, 5) is 22.3. The third-order valence-corrected chi connectivity index (χ3v) is 3.50. The molecule has 6 nitrogen and oxygen atoms in total. The number of carboxylic acid groups (broad SMARTS) is 1. The zero-order chi connectivity index (χ0) is 13.0. The van der Waals surface area contributed by atoms with E-state index in [1.807, 2.05) is 0 Å². The van der Waals surface area contributed by atoms with Crippen LogP contribution >= 0.6 is 0 Å².